The van der Waals surface area contributed by atoms with Gasteiger partial charge in [-0.15, -0.1) is 11.6 Å². The normalized spacial score (nSPS) is 11.8. The molecule has 0 bridgehead atoms. The second-order valence-corrected chi connectivity index (χ2v) is 3.15. The number of carboxylic acid groups (broad SMARTS) is 1. The number of carboxylic acids is 1. The minimum Gasteiger partial charge on any atom is -0.479 e. The van der Waals surface area contributed by atoms with Gasteiger partial charge in [-0.3, -0.25) is 4.79 Å². The third kappa shape index (κ3) is 3.25. The zero-order valence-electron chi connectivity index (χ0n) is 7.81. The molecule has 1 amide bonds. The lowest BCUT2D eigenvalue weighted by molar-refractivity contribution is -0.141. The SMILES string of the molecule is O=C(CCl)N[C@H](C(=O)O)c1ccccc1. The molecule has 0 aliphatic carbocycles. The molecule has 0 aromatic heterocycles. The van der Waals surface area contributed by atoms with E-state index in [1.807, 2.05) is 0 Å². The standard InChI is InChI=1S/C10H10ClNO3/c11-6-8(13)12-9(10(14)15)7-4-2-1-3-5-7/h1-5,9H,6H2,(H,12,13)(H,14,15)/t9-/m0/s1. The predicted molar refractivity (Wildman–Crippen MR) is 55.7 cm³/mol. The molecular weight excluding hydrogens is 218 g/mol. The Hall–Kier alpha value is -1.55. The maximum atomic E-state index is 11.0. The lowest BCUT2D eigenvalue weighted by Gasteiger charge is -2.13. The van der Waals surface area contributed by atoms with Gasteiger partial charge in [0.25, 0.3) is 0 Å². The number of alkyl halides is 1. The third-order valence-electron chi connectivity index (χ3n) is 1.81. The summed E-state index contributed by atoms with van der Waals surface area (Å²) in [4.78, 5) is 21.9. The third-order valence-corrected chi connectivity index (χ3v) is 2.05. The number of rotatable bonds is 4. The van der Waals surface area contributed by atoms with Crippen molar-refractivity contribution in [3.05, 3.63) is 35.9 Å². The average Bonchev–Trinajstić information content (AvgIpc) is 2.26. The number of carbonyl (C=O) groups is 2. The van der Waals surface area contributed by atoms with E-state index in [4.69, 9.17) is 16.7 Å². The van der Waals surface area contributed by atoms with Crippen molar-refractivity contribution in [2.75, 3.05) is 5.88 Å². The van der Waals surface area contributed by atoms with Crippen LogP contribution in [0.5, 0.6) is 0 Å². The highest BCUT2D eigenvalue weighted by Gasteiger charge is 2.20. The second kappa shape index (κ2) is 5.36. The molecule has 1 aromatic carbocycles. The van der Waals surface area contributed by atoms with E-state index < -0.39 is 17.9 Å². The molecule has 4 nitrogen and oxygen atoms in total. The Kier molecular flexibility index (Phi) is 4.12. The number of carbonyl (C=O) groups excluding carboxylic acids is 1. The van der Waals surface area contributed by atoms with Crippen LogP contribution < -0.4 is 5.32 Å². The van der Waals surface area contributed by atoms with Crippen molar-refractivity contribution >= 4 is 23.5 Å². The molecule has 0 unspecified atom stereocenters. The summed E-state index contributed by atoms with van der Waals surface area (Å²) >= 11 is 5.28. The number of halogens is 1. The summed E-state index contributed by atoms with van der Waals surface area (Å²) < 4.78 is 0. The number of amides is 1. The van der Waals surface area contributed by atoms with Crippen LogP contribution in [0.15, 0.2) is 30.3 Å². The van der Waals surface area contributed by atoms with Gasteiger partial charge < -0.3 is 10.4 Å². The first-order valence-electron chi connectivity index (χ1n) is 4.28. The molecule has 15 heavy (non-hydrogen) atoms. The Balaban J connectivity index is 2.84. The van der Waals surface area contributed by atoms with Crippen LogP contribution in [0.25, 0.3) is 0 Å². The van der Waals surface area contributed by atoms with Gasteiger partial charge >= 0.3 is 5.97 Å². The van der Waals surface area contributed by atoms with E-state index in [0.29, 0.717) is 5.56 Å². The number of nitrogens with one attached hydrogen (secondary N) is 1. The molecule has 0 heterocycles. The van der Waals surface area contributed by atoms with Crippen LogP contribution in [0, 0.1) is 0 Å². The van der Waals surface area contributed by atoms with Crippen molar-refractivity contribution in [1.29, 1.82) is 0 Å². The maximum absolute atomic E-state index is 11.0. The molecule has 0 saturated heterocycles. The van der Waals surface area contributed by atoms with E-state index >= 15 is 0 Å². The molecule has 0 saturated carbocycles. The predicted octanol–water partition coefficient (Wildman–Crippen LogP) is 1.17. The quantitative estimate of drug-likeness (QED) is 0.759. The topological polar surface area (TPSA) is 66.4 Å². The Morgan fingerprint density at radius 3 is 2.40 bits per heavy atom. The van der Waals surface area contributed by atoms with Crippen molar-refractivity contribution in [2.45, 2.75) is 6.04 Å². The molecule has 1 aromatic rings. The molecule has 0 aliphatic heterocycles. The molecule has 1 atom stereocenters. The van der Waals surface area contributed by atoms with Gasteiger partial charge in [0.2, 0.25) is 5.91 Å². The fourth-order valence-electron chi connectivity index (χ4n) is 1.13. The zero-order chi connectivity index (χ0) is 11.3. The Bertz CT molecular complexity index is 353. The summed E-state index contributed by atoms with van der Waals surface area (Å²) in [6.07, 6.45) is 0. The molecule has 0 fully saturated rings. The van der Waals surface area contributed by atoms with Crippen LogP contribution in [0.1, 0.15) is 11.6 Å². The first kappa shape index (κ1) is 11.5. The number of benzene rings is 1. The van der Waals surface area contributed by atoms with E-state index in [2.05, 4.69) is 5.32 Å². The molecule has 0 radical (unpaired) electrons. The Morgan fingerprint density at radius 1 is 1.33 bits per heavy atom. The van der Waals surface area contributed by atoms with Crippen LogP contribution in [0.4, 0.5) is 0 Å². The molecule has 2 N–H and O–H groups in total. The van der Waals surface area contributed by atoms with Crippen molar-refractivity contribution in [2.24, 2.45) is 0 Å². The van der Waals surface area contributed by atoms with Crippen molar-refractivity contribution in [3.63, 3.8) is 0 Å². The summed E-state index contributed by atoms with van der Waals surface area (Å²) in [7, 11) is 0. The highest BCUT2D eigenvalue weighted by molar-refractivity contribution is 6.27. The van der Waals surface area contributed by atoms with Gasteiger partial charge in [-0.05, 0) is 5.56 Å². The van der Waals surface area contributed by atoms with E-state index in [-0.39, 0.29) is 5.88 Å². The van der Waals surface area contributed by atoms with Gasteiger partial charge in [0.05, 0.1) is 0 Å². The molecule has 0 spiro atoms. The number of hydrogen-bond donors (Lipinski definition) is 2. The van der Waals surface area contributed by atoms with E-state index in [0.717, 1.165) is 0 Å². The van der Waals surface area contributed by atoms with Crippen molar-refractivity contribution in [1.82, 2.24) is 5.32 Å². The second-order valence-electron chi connectivity index (χ2n) is 2.88. The monoisotopic (exact) mass is 227 g/mol. The summed E-state index contributed by atoms with van der Waals surface area (Å²) in [5.41, 5.74) is 0.517. The van der Waals surface area contributed by atoms with E-state index in [9.17, 15) is 9.59 Å². The average molecular weight is 228 g/mol. The molecule has 1 rings (SSSR count). The van der Waals surface area contributed by atoms with Gasteiger partial charge in [0.1, 0.15) is 5.88 Å². The van der Waals surface area contributed by atoms with Gasteiger partial charge in [-0.25, -0.2) is 4.79 Å². The summed E-state index contributed by atoms with van der Waals surface area (Å²) in [6, 6.07) is 7.40. The summed E-state index contributed by atoms with van der Waals surface area (Å²) in [5, 5.41) is 11.2. The Morgan fingerprint density at radius 2 is 1.93 bits per heavy atom. The van der Waals surface area contributed by atoms with Gasteiger partial charge in [0.15, 0.2) is 6.04 Å². The first-order valence-corrected chi connectivity index (χ1v) is 4.81. The smallest absolute Gasteiger partial charge is 0.330 e. The van der Waals surface area contributed by atoms with Gasteiger partial charge in [-0.1, -0.05) is 30.3 Å². The van der Waals surface area contributed by atoms with Gasteiger partial charge in [0, 0.05) is 0 Å². The Labute approximate surface area is 91.9 Å². The largest absolute Gasteiger partial charge is 0.479 e. The highest BCUT2D eigenvalue weighted by atomic mass is 35.5. The lowest BCUT2D eigenvalue weighted by atomic mass is 10.1. The van der Waals surface area contributed by atoms with Crippen molar-refractivity contribution < 1.29 is 14.7 Å². The number of hydrogen-bond acceptors (Lipinski definition) is 2. The fraction of sp³-hybridized carbons (Fsp3) is 0.200. The van der Waals surface area contributed by atoms with Crippen LogP contribution in [0.2, 0.25) is 0 Å². The van der Waals surface area contributed by atoms with Crippen LogP contribution in [-0.2, 0) is 9.59 Å². The summed E-state index contributed by atoms with van der Waals surface area (Å²) in [5.74, 6) is -1.87. The lowest BCUT2D eigenvalue weighted by Crippen LogP contribution is -2.34. The fourth-order valence-corrected chi connectivity index (χ4v) is 1.21. The highest BCUT2D eigenvalue weighted by Crippen LogP contribution is 2.12. The van der Waals surface area contributed by atoms with Crippen LogP contribution in [-0.4, -0.2) is 22.9 Å². The first-order chi connectivity index (χ1) is 7.15. The number of aliphatic carboxylic acids is 1. The molecule has 0 aliphatic rings. The molecular formula is C10H10ClNO3. The van der Waals surface area contributed by atoms with Crippen LogP contribution >= 0.6 is 11.6 Å². The van der Waals surface area contributed by atoms with Crippen molar-refractivity contribution in [3.8, 4) is 0 Å². The zero-order valence-corrected chi connectivity index (χ0v) is 8.57. The van der Waals surface area contributed by atoms with E-state index in [1.165, 1.54) is 0 Å². The van der Waals surface area contributed by atoms with E-state index in [1.54, 1.807) is 30.3 Å². The molecule has 80 valence electrons. The van der Waals surface area contributed by atoms with Crippen LogP contribution in [0.3, 0.4) is 0 Å². The minimum absolute atomic E-state index is 0.253. The summed E-state index contributed by atoms with van der Waals surface area (Å²) in [6.45, 7) is 0. The maximum Gasteiger partial charge on any atom is 0.330 e. The van der Waals surface area contributed by atoms with Gasteiger partial charge in [-0.2, -0.15) is 0 Å². The molecule has 5 heteroatoms. The minimum atomic E-state index is -1.11.